The molecule has 1 aliphatic heterocycles. The van der Waals surface area contributed by atoms with E-state index in [4.69, 9.17) is 9.47 Å². The Balaban J connectivity index is 1.70. The van der Waals surface area contributed by atoms with Crippen LogP contribution in [0.15, 0.2) is 121 Å². The first kappa shape index (κ1) is 21.9. The predicted octanol–water partition coefficient (Wildman–Crippen LogP) is 7.64. The molecule has 0 saturated heterocycles. The Morgan fingerprint density at radius 1 is 0.694 bits per heavy atom. The molecule has 0 aromatic heterocycles. The smallest absolute Gasteiger partial charge is 0.339 e. The van der Waals surface area contributed by atoms with E-state index in [2.05, 4.69) is 36.4 Å². The van der Waals surface area contributed by atoms with E-state index < -0.39 is 11.6 Å². The number of esters is 1. The number of benzene rings is 5. The highest BCUT2D eigenvalue weighted by Gasteiger charge is 2.39. The van der Waals surface area contributed by atoms with Crippen molar-refractivity contribution in [1.82, 2.24) is 0 Å². The third-order valence-electron chi connectivity index (χ3n) is 6.81. The molecule has 0 fully saturated rings. The van der Waals surface area contributed by atoms with Crippen molar-refractivity contribution in [2.75, 3.05) is 7.11 Å². The quantitative estimate of drug-likeness (QED) is 0.254. The van der Waals surface area contributed by atoms with Gasteiger partial charge in [0.05, 0.1) is 12.7 Å². The number of methoxy groups -OCH3 is 1. The molecule has 1 heterocycles. The van der Waals surface area contributed by atoms with Crippen molar-refractivity contribution in [3.63, 3.8) is 0 Å². The standard InChI is InChI=1S/C33H24O3/c1-35-32(34)30-28-21-22-33(24-15-7-3-8-16-24,25-17-9-4-10-18-25)36-31(28)27-20-12-11-19-26(27)29(30)23-13-5-2-6-14-23/h2-22H,1H3. The summed E-state index contributed by atoms with van der Waals surface area (Å²) in [5, 5.41) is 1.88. The van der Waals surface area contributed by atoms with Crippen molar-refractivity contribution in [3.8, 4) is 16.9 Å². The zero-order valence-corrected chi connectivity index (χ0v) is 19.8. The lowest BCUT2D eigenvalue weighted by molar-refractivity contribution is 0.0600. The minimum atomic E-state index is -0.847. The highest BCUT2D eigenvalue weighted by molar-refractivity contribution is 6.14. The van der Waals surface area contributed by atoms with Gasteiger partial charge in [-0.1, -0.05) is 115 Å². The topological polar surface area (TPSA) is 35.5 Å². The monoisotopic (exact) mass is 468 g/mol. The summed E-state index contributed by atoms with van der Waals surface area (Å²) in [5.74, 6) is 0.275. The Hall–Kier alpha value is -4.63. The Labute approximate surface area is 210 Å². The van der Waals surface area contributed by atoms with E-state index in [1.807, 2.05) is 91.0 Å². The number of hydrogen-bond donors (Lipinski definition) is 0. The molecule has 6 rings (SSSR count). The van der Waals surface area contributed by atoms with Crippen LogP contribution in [0.2, 0.25) is 0 Å². The SMILES string of the molecule is COC(=O)c1c2c(c3ccccc3c1-c1ccccc1)OC(c1ccccc1)(c1ccccc1)C=C2. The van der Waals surface area contributed by atoms with Gasteiger partial charge in [0.1, 0.15) is 5.75 Å². The number of carbonyl (C=O) groups is 1. The molecule has 3 nitrogen and oxygen atoms in total. The van der Waals surface area contributed by atoms with E-state index in [9.17, 15) is 4.79 Å². The van der Waals surface area contributed by atoms with Crippen LogP contribution >= 0.6 is 0 Å². The highest BCUT2D eigenvalue weighted by Crippen LogP contribution is 2.49. The lowest BCUT2D eigenvalue weighted by atomic mass is 9.81. The molecule has 0 radical (unpaired) electrons. The molecular formula is C33H24O3. The molecule has 0 amide bonds. The average Bonchev–Trinajstić information content (AvgIpc) is 2.97. The average molecular weight is 469 g/mol. The molecule has 174 valence electrons. The first-order valence-electron chi connectivity index (χ1n) is 11.9. The van der Waals surface area contributed by atoms with Gasteiger partial charge in [0, 0.05) is 27.6 Å². The molecule has 5 aromatic rings. The fraction of sp³-hybridized carbons (Fsp3) is 0.0606. The Morgan fingerprint density at radius 2 is 1.22 bits per heavy atom. The van der Waals surface area contributed by atoms with Gasteiger partial charge in [-0.05, 0) is 23.1 Å². The van der Waals surface area contributed by atoms with Gasteiger partial charge in [-0.3, -0.25) is 0 Å². The minimum absolute atomic E-state index is 0.393. The summed E-state index contributed by atoms with van der Waals surface area (Å²) in [5.41, 5.74) is 4.19. The van der Waals surface area contributed by atoms with Gasteiger partial charge in [0.25, 0.3) is 0 Å². The van der Waals surface area contributed by atoms with Crippen molar-refractivity contribution < 1.29 is 14.3 Å². The second-order valence-electron chi connectivity index (χ2n) is 8.80. The maximum absolute atomic E-state index is 13.3. The Bertz CT molecular complexity index is 1550. The number of carbonyl (C=O) groups excluding carboxylic acids is 1. The summed E-state index contributed by atoms with van der Waals surface area (Å²) in [4.78, 5) is 13.3. The van der Waals surface area contributed by atoms with Gasteiger partial charge in [0.2, 0.25) is 0 Å². The van der Waals surface area contributed by atoms with E-state index in [-0.39, 0.29) is 0 Å². The van der Waals surface area contributed by atoms with Gasteiger partial charge in [-0.15, -0.1) is 0 Å². The van der Waals surface area contributed by atoms with Crippen molar-refractivity contribution in [2.24, 2.45) is 0 Å². The van der Waals surface area contributed by atoms with Crippen molar-refractivity contribution in [2.45, 2.75) is 5.60 Å². The van der Waals surface area contributed by atoms with E-state index >= 15 is 0 Å². The fourth-order valence-corrected chi connectivity index (χ4v) is 5.16. The largest absolute Gasteiger partial charge is 0.472 e. The van der Waals surface area contributed by atoms with Crippen molar-refractivity contribution >= 4 is 22.8 Å². The van der Waals surface area contributed by atoms with E-state index in [0.29, 0.717) is 11.3 Å². The summed E-state index contributed by atoms with van der Waals surface area (Å²) < 4.78 is 12.3. The third-order valence-corrected chi connectivity index (χ3v) is 6.81. The van der Waals surface area contributed by atoms with Crippen LogP contribution in [0.3, 0.4) is 0 Å². The van der Waals surface area contributed by atoms with Gasteiger partial charge in [0.15, 0.2) is 5.60 Å². The molecule has 0 bridgehead atoms. The molecule has 0 spiro atoms. The first-order chi connectivity index (χ1) is 17.7. The highest BCUT2D eigenvalue weighted by atomic mass is 16.5. The Kier molecular flexibility index (Phi) is 5.38. The molecule has 5 aromatic carbocycles. The third kappa shape index (κ3) is 3.40. The maximum Gasteiger partial charge on any atom is 0.339 e. The number of rotatable bonds is 4. The van der Waals surface area contributed by atoms with Crippen LogP contribution < -0.4 is 4.74 Å². The van der Waals surface area contributed by atoms with Crippen LogP contribution in [-0.4, -0.2) is 13.1 Å². The van der Waals surface area contributed by atoms with Crippen LogP contribution in [0.1, 0.15) is 27.0 Å². The van der Waals surface area contributed by atoms with Gasteiger partial charge >= 0.3 is 5.97 Å². The molecule has 36 heavy (non-hydrogen) atoms. The van der Waals surface area contributed by atoms with Gasteiger partial charge in [-0.25, -0.2) is 4.79 Å². The number of fused-ring (bicyclic) bond motifs is 3. The minimum Gasteiger partial charge on any atom is -0.472 e. The van der Waals surface area contributed by atoms with Gasteiger partial charge in [-0.2, -0.15) is 0 Å². The molecule has 0 atom stereocenters. The second kappa shape index (κ2) is 8.86. The van der Waals surface area contributed by atoms with Crippen molar-refractivity contribution in [1.29, 1.82) is 0 Å². The summed E-state index contributed by atoms with van der Waals surface area (Å²) in [6.07, 6.45) is 4.07. The molecule has 1 aliphatic rings. The predicted molar refractivity (Wildman–Crippen MR) is 144 cm³/mol. The van der Waals surface area contributed by atoms with E-state index in [1.54, 1.807) is 0 Å². The van der Waals surface area contributed by atoms with Crippen LogP contribution in [0.4, 0.5) is 0 Å². The summed E-state index contributed by atoms with van der Waals surface area (Å²) in [6.45, 7) is 0. The van der Waals surface area contributed by atoms with Crippen LogP contribution in [0, 0.1) is 0 Å². The molecule has 0 N–H and O–H groups in total. The number of ether oxygens (including phenoxy) is 2. The van der Waals surface area contributed by atoms with Crippen LogP contribution in [0.25, 0.3) is 28.0 Å². The normalized spacial score (nSPS) is 13.6. The van der Waals surface area contributed by atoms with Crippen LogP contribution in [-0.2, 0) is 10.3 Å². The zero-order chi connectivity index (χ0) is 24.5. The summed E-state index contributed by atoms with van der Waals surface area (Å²) in [6, 6.07) is 38.4. The summed E-state index contributed by atoms with van der Waals surface area (Å²) in [7, 11) is 1.42. The molecule has 0 unspecified atom stereocenters. The maximum atomic E-state index is 13.3. The van der Waals surface area contributed by atoms with E-state index in [1.165, 1.54) is 7.11 Å². The lowest BCUT2D eigenvalue weighted by Gasteiger charge is -2.37. The zero-order valence-electron chi connectivity index (χ0n) is 19.8. The van der Waals surface area contributed by atoms with Crippen molar-refractivity contribution in [3.05, 3.63) is 144 Å². The van der Waals surface area contributed by atoms with Gasteiger partial charge < -0.3 is 9.47 Å². The molecule has 0 aliphatic carbocycles. The first-order valence-corrected chi connectivity index (χ1v) is 11.9. The molecule has 3 heteroatoms. The van der Waals surface area contributed by atoms with E-state index in [0.717, 1.165) is 38.6 Å². The fourth-order valence-electron chi connectivity index (χ4n) is 5.16. The lowest BCUT2D eigenvalue weighted by Crippen LogP contribution is -2.34. The summed E-state index contributed by atoms with van der Waals surface area (Å²) >= 11 is 0. The number of hydrogen-bond acceptors (Lipinski definition) is 3. The second-order valence-corrected chi connectivity index (χ2v) is 8.80. The molecule has 0 saturated carbocycles. The molecular weight excluding hydrogens is 444 g/mol. The Morgan fingerprint density at radius 3 is 1.81 bits per heavy atom. The van der Waals surface area contributed by atoms with Crippen LogP contribution in [0.5, 0.6) is 5.75 Å².